The van der Waals surface area contributed by atoms with Crippen LogP contribution in [-0.2, 0) is 9.59 Å². The molecule has 3 heterocycles. The van der Waals surface area contributed by atoms with Gasteiger partial charge in [-0.05, 0) is 59.7 Å². The molecule has 0 fully saturated rings. The van der Waals surface area contributed by atoms with Crippen LogP contribution in [0.5, 0.6) is 0 Å². The monoisotopic (exact) mass is 339 g/mol. The smallest absolute Gasteiger partial charge is 0.226 e. The fraction of sp³-hybridized carbons (Fsp3) is 0. The van der Waals surface area contributed by atoms with E-state index in [1.54, 1.807) is 18.5 Å². The van der Waals surface area contributed by atoms with Gasteiger partial charge in [0.1, 0.15) is 0 Å². The minimum absolute atomic E-state index is 0.516. The number of nitrogens with zero attached hydrogens (tertiary/aromatic N) is 3. The Morgan fingerprint density at radius 1 is 0.654 bits per heavy atom. The van der Waals surface area contributed by atoms with E-state index in [4.69, 9.17) is 0 Å². The zero-order valence-corrected chi connectivity index (χ0v) is 13.7. The molecule has 0 atom stereocenters. The van der Waals surface area contributed by atoms with Crippen molar-refractivity contribution < 1.29 is 9.59 Å². The van der Waals surface area contributed by atoms with Gasteiger partial charge in [-0.15, -0.1) is 0 Å². The van der Waals surface area contributed by atoms with E-state index in [-0.39, 0.29) is 0 Å². The quantitative estimate of drug-likeness (QED) is 0.541. The van der Waals surface area contributed by atoms with Crippen molar-refractivity contribution in [1.29, 1.82) is 0 Å². The van der Waals surface area contributed by atoms with Crippen LogP contribution >= 0.6 is 0 Å². The van der Waals surface area contributed by atoms with Crippen LogP contribution in [0, 0.1) is 0 Å². The Morgan fingerprint density at radius 3 is 1.77 bits per heavy atom. The first-order valence-electron chi connectivity index (χ1n) is 8.04. The molecule has 1 aliphatic carbocycles. The number of hydrogen-bond donors (Lipinski definition) is 0. The van der Waals surface area contributed by atoms with Crippen LogP contribution in [0.3, 0.4) is 0 Å². The van der Waals surface area contributed by atoms with Gasteiger partial charge in [0.2, 0.25) is 11.6 Å². The summed E-state index contributed by atoms with van der Waals surface area (Å²) >= 11 is 0. The number of ketones is 2. The fourth-order valence-corrected chi connectivity index (χ4v) is 2.68. The van der Waals surface area contributed by atoms with Crippen LogP contribution in [0.25, 0.3) is 28.3 Å². The summed E-state index contributed by atoms with van der Waals surface area (Å²) in [4.78, 5) is 36.6. The van der Waals surface area contributed by atoms with Gasteiger partial charge in [-0.3, -0.25) is 19.6 Å². The number of carbonyl (C=O) groups is 2. The first-order chi connectivity index (χ1) is 12.7. The largest absolute Gasteiger partial charge is 0.286 e. The highest BCUT2D eigenvalue weighted by molar-refractivity contribution is 6.48. The second-order valence-electron chi connectivity index (χ2n) is 5.72. The van der Waals surface area contributed by atoms with E-state index in [0.717, 1.165) is 5.56 Å². The van der Waals surface area contributed by atoms with Crippen LogP contribution in [0.15, 0.2) is 79.2 Å². The number of rotatable bonds is 3. The molecular formula is C21H13N3O2. The van der Waals surface area contributed by atoms with Crippen molar-refractivity contribution in [3.8, 4) is 22.8 Å². The van der Waals surface area contributed by atoms with Crippen LogP contribution in [0.2, 0.25) is 0 Å². The van der Waals surface area contributed by atoms with Crippen LogP contribution in [-0.4, -0.2) is 26.5 Å². The van der Waals surface area contributed by atoms with Gasteiger partial charge in [-0.2, -0.15) is 0 Å². The zero-order valence-electron chi connectivity index (χ0n) is 13.7. The molecule has 5 nitrogen and oxygen atoms in total. The number of allylic oxidation sites excluding steroid dienone is 4. The molecule has 4 rings (SSSR count). The van der Waals surface area contributed by atoms with E-state index in [0.29, 0.717) is 28.3 Å². The fourth-order valence-electron chi connectivity index (χ4n) is 2.68. The van der Waals surface area contributed by atoms with Crippen molar-refractivity contribution in [3.63, 3.8) is 0 Å². The topological polar surface area (TPSA) is 72.8 Å². The van der Waals surface area contributed by atoms with E-state index >= 15 is 0 Å². The maximum Gasteiger partial charge on any atom is 0.226 e. The maximum absolute atomic E-state index is 11.8. The van der Waals surface area contributed by atoms with Gasteiger partial charge < -0.3 is 0 Å². The molecule has 0 saturated carbocycles. The molecule has 0 aromatic carbocycles. The predicted molar refractivity (Wildman–Crippen MR) is 97.8 cm³/mol. The summed E-state index contributed by atoms with van der Waals surface area (Å²) in [6.07, 6.45) is 7.68. The maximum atomic E-state index is 11.8. The molecule has 0 N–H and O–H groups in total. The molecule has 3 aromatic heterocycles. The lowest BCUT2D eigenvalue weighted by atomic mass is 9.97. The van der Waals surface area contributed by atoms with Gasteiger partial charge in [0.15, 0.2) is 0 Å². The SMILES string of the molecule is O=C1C=CC(c2cc(-c3ccccn3)nc(-c3ccccn3)c2)=CC1=O. The molecule has 26 heavy (non-hydrogen) atoms. The van der Waals surface area contributed by atoms with E-state index < -0.39 is 11.6 Å². The van der Waals surface area contributed by atoms with Gasteiger partial charge in [0.25, 0.3) is 0 Å². The van der Waals surface area contributed by atoms with E-state index in [2.05, 4.69) is 15.0 Å². The van der Waals surface area contributed by atoms with Gasteiger partial charge >= 0.3 is 0 Å². The van der Waals surface area contributed by atoms with Crippen molar-refractivity contribution in [2.75, 3.05) is 0 Å². The molecular weight excluding hydrogens is 326 g/mol. The Balaban J connectivity index is 1.89. The number of aromatic nitrogens is 3. The van der Waals surface area contributed by atoms with Crippen LogP contribution in [0.1, 0.15) is 5.56 Å². The molecule has 0 bridgehead atoms. The Labute approximate surface area is 149 Å². The molecule has 0 spiro atoms. The highest BCUT2D eigenvalue weighted by Crippen LogP contribution is 2.27. The zero-order chi connectivity index (χ0) is 17.9. The summed E-state index contributed by atoms with van der Waals surface area (Å²) in [7, 11) is 0. The molecule has 124 valence electrons. The van der Waals surface area contributed by atoms with Crippen LogP contribution < -0.4 is 0 Å². The summed E-state index contributed by atoms with van der Waals surface area (Å²) in [6.45, 7) is 0. The predicted octanol–water partition coefficient (Wildman–Crippen LogP) is 3.30. The van der Waals surface area contributed by atoms with Crippen LogP contribution in [0.4, 0.5) is 0 Å². The van der Waals surface area contributed by atoms with Gasteiger partial charge in [0, 0.05) is 12.4 Å². The number of hydrogen-bond acceptors (Lipinski definition) is 5. The number of carbonyl (C=O) groups excluding carboxylic acids is 2. The number of pyridine rings is 3. The molecule has 1 aliphatic rings. The Morgan fingerprint density at radius 2 is 1.27 bits per heavy atom. The summed E-state index contributed by atoms with van der Waals surface area (Å²) < 4.78 is 0. The second-order valence-corrected chi connectivity index (χ2v) is 5.72. The molecule has 0 unspecified atom stereocenters. The molecule has 0 amide bonds. The first kappa shape index (κ1) is 15.8. The summed E-state index contributed by atoms with van der Waals surface area (Å²) in [5.41, 5.74) is 4.21. The van der Waals surface area contributed by atoms with Gasteiger partial charge in [-0.1, -0.05) is 18.2 Å². The highest BCUT2D eigenvalue weighted by Gasteiger charge is 2.16. The summed E-state index contributed by atoms with van der Waals surface area (Å²) in [6, 6.07) is 14.9. The normalized spacial score (nSPS) is 13.6. The summed E-state index contributed by atoms with van der Waals surface area (Å²) in [5, 5.41) is 0. The minimum atomic E-state index is -0.530. The van der Waals surface area contributed by atoms with E-state index in [9.17, 15) is 9.59 Å². The third-order valence-electron chi connectivity index (χ3n) is 3.96. The van der Waals surface area contributed by atoms with Gasteiger partial charge in [0.05, 0.1) is 22.8 Å². The summed E-state index contributed by atoms with van der Waals surface area (Å²) in [5.74, 6) is -1.05. The van der Waals surface area contributed by atoms with Crippen molar-refractivity contribution in [2.24, 2.45) is 0 Å². The van der Waals surface area contributed by atoms with Crippen molar-refractivity contribution in [3.05, 3.63) is 84.7 Å². The Hall–Kier alpha value is -3.73. The Kier molecular flexibility index (Phi) is 4.03. The first-order valence-corrected chi connectivity index (χ1v) is 8.04. The highest BCUT2D eigenvalue weighted by atomic mass is 16.2. The molecule has 5 heteroatoms. The lowest BCUT2D eigenvalue weighted by Crippen LogP contribution is -2.11. The molecule has 0 radical (unpaired) electrons. The lowest BCUT2D eigenvalue weighted by Gasteiger charge is -2.11. The third kappa shape index (κ3) is 3.10. The van der Waals surface area contributed by atoms with Gasteiger partial charge in [-0.25, -0.2) is 4.98 Å². The van der Waals surface area contributed by atoms with Crippen molar-refractivity contribution >= 4 is 17.1 Å². The van der Waals surface area contributed by atoms with E-state index in [1.165, 1.54) is 12.2 Å². The molecule has 3 aromatic rings. The Bertz CT molecular complexity index is 997. The lowest BCUT2D eigenvalue weighted by molar-refractivity contribution is -0.131. The average molecular weight is 339 g/mol. The standard InChI is InChI=1S/C21H13N3O2/c25-20-8-7-14(13-21(20)26)15-11-18(16-5-1-3-9-22-16)24-19(12-15)17-6-2-4-10-23-17/h1-13H. The molecule has 0 saturated heterocycles. The third-order valence-corrected chi connectivity index (χ3v) is 3.96. The average Bonchev–Trinajstić information content (AvgIpc) is 2.71. The molecule has 0 aliphatic heterocycles. The van der Waals surface area contributed by atoms with Crippen molar-refractivity contribution in [2.45, 2.75) is 0 Å². The second kappa shape index (κ2) is 6.64. The minimum Gasteiger partial charge on any atom is -0.286 e. The van der Waals surface area contributed by atoms with Crippen molar-refractivity contribution in [1.82, 2.24) is 15.0 Å². The van der Waals surface area contributed by atoms with E-state index in [1.807, 2.05) is 48.5 Å².